The smallest absolute Gasteiger partial charge is 0.318 e. The fraction of sp³-hybridized carbons (Fsp3) is 0.333. The number of aromatic nitrogens is 2. The first-order chi connectivity index (χ1) is 11.1. The van der Waals surface area contributed by atoms with Gasteiger partial charge in [0.15, 0.2) is 5.75 Å². The van der Waals surface area contributed by atoms with E-state index in [-0.39, 0.29) is 17.6 Å². The number of ether oxygens (including phenoxy) is 1. The molecule has 0 saturated carbocycles. The molecule has 1 aliphatic heterocycles. The zero-order chi connectivity index (χ0) is 16.4. The average molecular weight is 339 g/mol. The maximum absolute atomic E-state index is 13.4. The fourth-order valence-electron chi connectivity index (χ4n) is 2.53. The molecule has 2 amide bonds. The number of amides is 2. The van der Waals surface area contributed by atoms with E-state index >= 15 is 0 Å². The Balaban J connectivity index is 1.64. The Morgan fingerprint density at radius 2 is 2.30 bits per heavy atom. The Kier molecular flexibility index (Phi) is 4.38. The zero-order valence-corrected chi connectivity index (χ0v) is 13.3. The van der Waals surface area contributed by atoms with Gasteiger partial charge >= 0.3 is 6.03 Å². The Morgan fingerprint density at radius 3 is 3.09 bits per heavy atom. The van der Waals surface area contributed by atoms with Crippen LogP contribution in [0.1, 0.15) is 11.3 Å². The van der Waals surface area contributed by atoms with Crippen molar-refractivity contribution in [1.82, 2.24) is 20.0 Å². The predicted molar refractivity (Wildman–Crippen MR) is 82.8 cm³/mol. The number of hydrogen-bond donors (Lipinski definition) is 1. The summed E-state index contributed by atoms with van der Waals surface area (Å²) in [7, 11) is 1.57. The molecular formula is C15H16ClFN4O2. The molecule has 6 nitrogen and oxygen atoms in total. The lowest BCUT2D eigenvalue weighted by molar-refractivity contribution is 0.179. The van der Waals surface area contributed by atoms with E-state index in [9.17, 15) is 9.18 Å². The highest BCUT2D eigenvalue weighted by Gasteiger charge is 2.24. The van der Waals surface area contributed by atoms with E-state index in [1.54, 1.807) is 30.3 Å². The van der Waals surface area contributed by atoms with Crippen molar-refractivity contribution in [3.05, 3.63) is 46.5 Å². The van der Waals surface area contributed by atoms with Crippen molar-refractivity contribution < 1.29 is 13.9 Å². The zero-order valence-electron chi connectivity index (χ0n) is 12.6. The molecule has 0 fully saturated rings. The van der Waals surface area contributed by atoms with Gasteiger partial charge in [-0.2, -0.15) is 5.10 Å². The summed E-state index contributed by atoms with van der Waals surface area (Å²) in [5.74, 6) is 0.167. The Labute approximate surface area is 137 Å². The fourth-order valence-corrected chi connectivity index (χ4v) is 2.73. The Bertz CT molecular complexity index is 721. The second-order valence-electron chi connectivity index (χ2n) is 5.18. The Morgan fingerprint density at radius 1 is 1.48 bits per heavy atom. The summed E-state index contributed by atoms with van der Waals surface area (Å²) in [5.41, 5.74) is 1.40. The van der Waals surface area contributed by atoms with Gasteiger partial charge in [-0.1, -0.05) is 23.7 Å². The van der Waals surface area contributed by atoms with Crippen LogP contribution in [-0.4, -0.2) is 34.4 Å². The van der Waals surface area contributed by atoms with Crippen LogP contribution in [0.4, 0.5) is 9.18 Å². The molecule has 0 saturated heterocycles. The molecule has 0 atom stereocenters. The van der Waals surface area contributed by atoms with Crippen LogP contribution in [0.2, 0.25) is 5.02 Å². The molecule has 122 valence electrons. The van der Waals surface area contributed by atoms with E-state index in [4.69, 9.17) is 16.3 Å². The minimum absolute atomic E-state index is 0.0335. The first-order valence-electron chi connectivity index (χ1n) is 7.14. The van der Waals surface area contributed by atoms with Crippen molar-refractivity contribution in [3.63, 3.8) is 0 Å². The van der Waals surface area contributed by atoms with Crippen LogP contribution in [0.5, 0.6) is 5.75 Å². The van der Waals surface area contributed by atoms with E-state index in [0.717, 1.165) is 5.69 Å². The lowest BCUT2D eigenvalue weighted by atomic mass is 10.2. The summed E-state index contributed by atoms with van der Waals surface area (Å²) in [5, 5.41) is 7.01. The molecule has 0 spiro atoms. The van der Waals surface area contributed by atoms with Crippen molar-refractivity contribution in [2.24, 2.45) is 0 Å². The molecule has 0 unspecified atom stereocenters. The number of benzene rings is 1. The third-order valence-electron chi connectivity index (χ3n) is 3.80. The third-order valence-corrected chi connectivity index (χ3v) is 4.22. The van der Waals surface area contributed by atoms with E-state index < -0.39 is 5.82 Å². The van der Waals surface area contributed by atoms with Crippen molar-refractivity contribution in [2.75, 3.05) is 13.7 Å². The molecule has 2 aromatic rings. The van der Waals surface area contributed by atoms with Crippen LogP contribution in [0.3, 0.4) is 0 Å². The predicted octanol–water partition coefficient (Wildman–Crippen LogP) is 2.41. The van der Waals surface area contributed by atoms with Crippen LogP contribution in [0, 0.1) is 5.82 Å². The molecule has 1 aliphatic rings. The highest BCUT2D eigenvalue weighted by Crippen LogP contribution is 2.23. The molecule has 3 rings (SSSR count). The number of urea groups is 1. The van der Waals surface area contributed by atoms with Gasteiger partial charge in [-0.25, -0.2) is 9.18 Å². The lowest BCUT2D eigenvalue weighted by Gasteiger charge is -2.28. The van der Waals surface area contributed by atoms with Crippen molar-refractivity contribution >= 4 is 17.6 Å². The molecule has 2 heterocycles. The van der Waals surface area contributed by atoms with E-state index in [1.807, 2.05) is 4.68 Å². The van der Waals surface area contributed by atoms with Gasteiger partial charge in [0.25, 0.3) is 0 Å². The summed E-state index contributed by atoms with van der Waals surface area (Å²) < 4.78 is 20.5. The lowest BCUT2D eigenvalue weighted by Crippen LogP contribution is -2.44. The van der Waals surface area contributed by atoms with Gasteiger partial charge in [0.05, 0.1) is 37.1 Å². The van der Waals surface area contributed by atoms with Crippen molar-refractivity contribution in [1.29, 1.82) is 0 Å². The monoisotopic (exact) mass is 338 g/mol. The third kappa shape index (κ3) is 3.10. The summed E-state index contributed by atoms with van der Waals surface area (Å²) in [6, 6.07) is 4.29. The highest BCUT2D eigenvalue weighted by atomic mass is 35.5. The number of nitrogens with zero attached hydrogens (tertiary/aromatic N) is 3. The Hall–Kier alpha value is -2.28. The van der Waals surface area contributed by atoms with Crippen LogP contribution >= 0.6 is 11.6 Å². The first-order valence-corrected chi connectivity index (χ1v) is 7.52. The maximum Gasteiger partial charge on any atom is 0.318 e. The minimum Gasteiger partial charge on any atom is -0.493 e. The number of nitrogens with one attached hydrogen (secondary N) is 1. The van der Waals surface area contributed by atoms with Crippen LogP contribution < -0.4 is 10.1 Å². The molecule has 0 aliphatic carbocycles. The number of carbonyl (C=O) groups is 1. The second-order valence-corrected chi connectivity index (χ2v) is 5.55. The second kappa shape index (κ2) is 6.45. The van der Waals surface area contributed by atoms with Crippen LogP contribution in [-0.2, 0) is 19.6 Å². The summed E-state index contributed by atoms with van der Waals surface area (Å²) in [4.78, 5) is 14.0. The topological polar surface area (TPSA) is 59.4 Å². The van der Waals surface area contributed by atoms with Crippen LogP contribution in [0.15, 0.2) is 24.4 Å². The van der Waals surface area contributed by atoms with Gasteiger partial charge in [0.1, 0.15) is 5.82 Å². The van der Waals surface area contributed by atoms with Gasteiger partial charge < -0.3 is 15.0 Å². The van der Waals surface area contributed by atoms with Crippen molar-refractivity contribution in [2.45, 2.75) is 19.6 Å². The number of rotatable bonds is 3. The van der Waals surface area contributed by atoms with E-state index in [2.05, 4.69) is 10.4 Å². The summed E-state index contributed by atoms with van der Waals surface area (Å²) in [6.45, 7) is 1.72. The van der Waals surface area contributed by atoms with Gasteiger partial charge in [0.2, 0.25) is 0 Å². The number of halogens is 2. The summed E-state index contributed by atoms with van der Waals surface area (Å²) >= 11 is 5.89. The minimum atomic E-state index is -0.495. The van der Waals surface area contributed by atoms with Gasteiger partial charge in [0, 0.05) is 13.1 Å². The number of hydrogen-bond acceptors (Lipinski definition) is 3. The largest absolute Gasteiger partial charge is 0.493 e. The molecule has 1 aromatic carbocycles. The van der Waals surface area contributed by atoms with Gasteiger partial charge in [-0.15, -0.1) is 0 Å². The first kappa shape index (κ1) is 15.6. The molecule has 0 radical (unpaired) electrons. The van der Waals surface area contributed by atoms with E-state index in [0.29, 0.717) is 30.9 Å². The number of fused-ring (bicyclic) bond motifs is 1. The van der Waals surface area contributed by atoms with E-state index in [1.165, 1.54) is 6.07 Å². The quantitative estimate of drug-likeness (QED) is 0.935. The normalized spacial score (nSPS) is 13.6. The molecular weight excluding hydrogens is 323 g/mol. The number of carbonyl (C=O) groups excluding carboxylic acids is 1. The molecule has 8 heteroatoms. The standard InChI is InChI=1S/C15H16ClFN4O2/c1-23-13-8-19-21-6-5-20(9-12(13)21)15(22)18-7-10-3-2-4-11(17)14(10)16/h2-4,8H,5-7,9H2,1H3,(H,18,22). The molecule has 23 heavy (non-hydrogen) atoms. The van der Waals surface area contributed by atoms with Gasteiger partial charge in [-0.05, 0) is 11.6 Å². The molecule has 1 N–H and O–H groups in total. The van der Waals surface area contributed by atoms with Crippen LogP contribution in [0.25, 0.3) is 0 Å². The summed E-state index contributed by atoms with van der Waals surface area (Å²) in [6.07, 6.45) is 1.64. The van der Waals surface area contributed by atoms with Crippen molar-refractivity contribution in [3.8, 4) is 5.75 Å². The molecule has 0 bridgehead atoms. The number of methoxy groups -OCH3 is 1. The maximum atomic E-state index is 13.4. The average Bonchev–Trinajstić information content (AvgIpc) is 2.98. The van der Waals surface area contributed by atoms with Gasteiger partial charge in [-0.3, -0.25) is 4.68 Å². The highest BCUT2D eigenvalue weighted by molar-refractivity contribution is 6.31. The molecule has 1 aromatic heterocycles. The SMILES string of the molecule is COc1cnn2c1CN(C(=O)NCc1cccc(F)c1Cl)CC2.